The summed E-state index contributed by atoms with van der Waals surface area (Å²) in [4.78, 5) is 25.9. The Kier molecular flexibility index (Phi) is 6.37. The van der Waals surface area contributed by atoms with E-state index in [4.69, 9.17) is 0 Å². The van der Waals surface area contributed by atoms with Crippen molar-refractivity contribution in [2.45, 2.75) is 11.0 Å². The average molecular weight is 420 g/mol. The Morgan fingerprint density at radius 2 is 1.48 bits per heavy atom. The number of benzene rings is 3. The molecular weight excluding hydrogens is 398 g/mol. The molecule has 3 aromatic carbocycles. The smallest absolute Gasteiger partial charge is 0.256 e. The van der Waals surface area contributed by atoms with Crippen LogP contribution in [0, 0.1) is 0 Å². The van der Waals surface area contributed by atoms with Gasteiger partial charge in [0.1, 0.15) is 0 Å². The fourth-order valence-electron chi connectivity index (χ4n) is 3.27. The van der Waals surface area contributed by atoms with Gasteiger partial charge in [-0.25, -0.2) is 0 Å². The Morgan fingerprint density at radius 3 is 2.24 bits per heavy atom. The van der Waals surface area contributed by atoms with Gasteiger partial charge in [0.25, 0.3) is 5.91 Å². The second kappa shape index (κ2) is 9.33. The summed E-state index contributed by atoms with van der Waals surface area (Å²) < 4.78 is 0.410. The normalized spacial score (nSPS) is 14.3. The molecule has 0 aliphatic carbocycles. The van der Waals surface area contributed by atoms with E-state index >= 15 is 0 Å². The summed E-state index contributed by atoms with van der Waals surface area (Å²) in [5.41, 5.74) is 3.33. The van der Waals surface area contributed by atoms with Crippen LogP contribution in [0.1, 0.15) is 42.8 Å². The molecule has 0 unspecified atom stereocenters. The van der Waals surface area contributed by atoms with E-state index in [1.807, 2.05) is 59.9 Å². The minimum absolute atomic E-state index is 0.153. The van der Waals surface area contributed by atoms with Gasteiger partial charge in [0, 0.05) is 16.8 Å². The number of carbonyl (C=O) groups excluding carboxylic acids is 2. The highest BCUT2D eigenvalue weighted by atomic mass is 32.2. The van der Waals surface area contributed by atoms with Gasteiger partial charge in [0.15, 0.2) is 5.78 Å². The van der Waals surface area contributed by atoms with E-state index in [1.165, 1.54) is 23.5 Å². The molecule has 146 valence electrons. The molecule has 1 N–H and O–H groups in total. The van der Waals surface area contributed by atoms with E-state index in [9.17, 15) is 9.59 Å². The first-order chi connectivity index (χ1) is 14.2. The molecule has 29 heavy (non-hydrogen) atoms. The van der Waals surface area contributed by atoms with E-state index in [0.717, 1.165) is 5.69 Å². The number of ketones is 1. The molecule has 5 heteroatoms. The van der Waals surface area contributed by atoms with Crippen LogP contribution in [0.5, 0.6) is 0 Å². The highest BCUT2D eigenvalue weighted by Gasteiger charge is 2.19. The molecule has 1 fully saturated rings. The molecule has 1 aliphatic heterocycles. The van der Waals surface area contributed by atoms with Crippen LogP contribution >= 0.6 is 23.5 Å². The number of thioether (sulfide) groups is 2. The molecule has 0 spiro atoms. The monoisotopic (exact) mass is 419 g/mol. The van der Waals surface area contributed by atoms with E-state index in [-0.39, 0.29) is 11.7 Å². The molecule has 1 amide bonds. The Balaban J connectivity index is 1.56. The fraction of sp³-hybridized carbons (Fsp3) is 0.167. The summed E-state index contributed by atoms with van der Waals surface area (Å²) in [7, 11) is 0. The predicted molar refractivity (Wildman–Crippen MR) is 123 cm³/mol. The SMILES string of the molecule is O=C(Nc1cccc(C2SCCCS2)c1)c1ccccc1C(=O)c1ccccc1. The molecule has 3 aromatic rings. The van der Waals surface area contributed by atoms with Gasteiger partial charge in [0.2, 0.25) is 0 Å². The Labute approximate surface area is 179 Å². The first-order valence-electron chi connectivity index (χ1n) is 9.56. The van der Waals surface area contributed by atoms with Crippen LogP contribution in [-0.4, -0.2) is 23.2 Å². The van der Waals surface area contributed by atoms with Gasteiger partial charge in [-0.05, 0) is 41.7 Å². The second-order valence-corrected chi connectivity index (χ2v) is 9.47. The quantitative estimate of drug-likeness (QED) is 0.512. The van der Waals surface area contributed by atoms with Crippen LogP contribution in [0.15, 0.2) is 78.9 Å². The number of hydrogen-bond donors (Lipinski definition) is 1. The van der Waals surface area contributed by atoms with Gasteiger partial charge >= 0.3 is 0 Å². The number of carbonyl (C=O) groups is 2. The number of hydrogen-bond acceptors (Lipinski definition) is 4. The molecule has 0 saturated carbocycles. The molecular formula is C24H21NO2S2. The van der Waals surface area contributed by atoms with E-state index in [1.54, 1.807) is 36.4 Å². The standard InChI is InChI=1S/C24H21NO2S2/c26-22(17-8-2-1-3-9-17)20-12-4-5-13-21(20)23(27)25-19-11-6-10-18(16-19)24-28-14-7-15-29-24/h1-6,8-13,16,24H,7,14-15H2,(H,25,27). The Morgan fingerprint density at radius 1 is 0.793 bits per heavy atom. The van der Waals surface area contributed by atoms with Gasteiger partial charge in [-0.3, -0.25) is 9.59 Å². The number of amides is 1. The zero-order valence-electron chi connectivity index (χ0n) is 15.8. The molecule has 1 aliphatic rings. The van der Waals surface area contributed by atoms with Gasteiger partial charge in [-0.1, -0.05) is 60.7 Å². The van der Waals surface area contributed by atoms with Crippen molar-refractivity contribution in [3.63, 3.8) is 0 Å². The summed E-state index contributed by atoms with van der Waals surface area (Å²) >= 11 is 3.90. The molecule has 0 atom stereocenters. The van der Waals surface area contributed by atoms with Crippen molar-refractivity contribution in [3.8, 4) is 0 Å². The molecule has 0 bridgehead atoms. The minimum atomic E-state index is -0.272. The van der Waals surface area contributed by atoms with E-state index < -0.39 is 0 Å². The third kappa shape index (κ3) is 4.74. The molecule has 3 nitrogen and oxygen atoms in total. The van der Waals surface area contributed by atoms with Gasteiger partial charge in [-0.15, -0.1) is 23.5 Å². The second-order valence-electron chi connectivity index (χ2n) is 6.75. The van der Waals surface area contributed by atoms with Crippen molar-refractivity contribution in [1.82, 2.24) is 0 Å². The summed E-state index contributed by atoms with van der Waals surface area (Å²) in [6.07, 6.45) is 1.24. The highest BCUT2D eigenvalue weighted by Crippen LogP contribution is 2.44. The van der Waals surface area contributed by atoms with Gasteiger partial charge in [0.05, 0.1) is 10.1 Å². The van der Waals surface area contributed by atoms with Crippen molar-refractivity contribution in [2.75, 3.05) is 16.8 Å². The lowest BCUT2D eigenvalue weighted by Crippen LogP contribution is -2.17. The summed E-state index contributed by atoms with van der Waals surface area (Å²) in [5.74, 6) is 1.91. The van der Waals surface area contributed by atoms with Gasteiger partial charge < -0.3 is 5.32 Å². The third-order valence-electron chi connectivity index (χ3n) is 4.70. The lowest BCUT2D eigenvalue weighted by atomic mass is 9.98. The predicted octanol–water partition coefficient (Wildman–Crippen LogP) is 6.04. The van der Waals surface area contributed by atoms with Crippen molar-refractivity contribution in [2.24, 2.45) is 0 Å². The number of rotatable bonds is 5. The van der Waals surface area contributed by atoms with Crippen LogP contribution in [-0.2, 0) is 0 Å². The number of nitrogens with one attached hydrogen (secondary N) is 1. The summed E-state index contributed by atoms with van der Waals surface area (Å²) in [5, 5.41) is 2.97. The Bertz CT molecular complexity index is 1010. The van der Waals surface area contributed by atoms with Crippen LogP contribution < -0.4 is 5.32 Å². The van der Waals surface area contributed by atoms with Crippen LogP contribution in [0.25, 0.3) is 0 Å². The van der Waals surface area contributed by atoms with Crippen LogP contribution in [0.4, 0.5) is 5.69 Å². The summed E-state index contributed by atoms with van der Waals surface area (Å²) in [6.45, 7) is 0. The first kappa shape index (κ1) is 19.8. The van der Waals surface area contributed by atoms with Crippen LogP contribution in [0.3, 0.4) is 0 Å². The minimum Gasteiger partial charge on any atom is -0.322 e. The highest BCUT2D eigenvalue weighted by molar-refractivity contribution is 8.16. The molecule has 0 radical (unpaired) electrons. The Hall–Kier alpha value is -2.50. The van der Waals surface area contributed by atoms with Crippen LogP contribution in [0.2, 0.25) is 0 Å². The topological polar surface area (TPSA) is 46.2 Å². The zero-order valence-corrected chi connectivity index (χ0v) is 17.5. The summed E-state index contributed by atoms with van der Waals surface area (Å²) in [6, 6.07) is 24.0. The van der Waals surface area contributed by atoms with Crippen molar-refractivity contribution >= 4 is 40.9 Å². The average Bonchev–Trinajstić information content (AvgIpc) is 2.80. The third-order valence-corrected chi connectivity index (χ3v) is 7.71. The maximum absolute atomic E-state index is 13.0. The molecule has 4 rings (SSSR count). The van der Waals surface area contributed by atoms with Crippen molar-refractivity contribution in [3.05, 3.63) is 101 Å². The maximum Gasteiger partial charge on any atom is 0.256 e. The lowest BCUT2D eigenvalue weighted by molar-refractivity contribution is 0.0996. The van der Waals surface area contributed by atoms with Crippen molar-refractivity contribution < 1.29 is 9.59 Å². The van der Waals surface area contributed by atoms with Crippen molar-refractivity contribution in [1.29, 1.82) is 0 Å². The zero-order chi connectivity index (χ0) is 20.1. The molecule has 0 aromatic heterocycles. The molecule has 1 saturated heterocycles. The maximum atomic E-state index is 13.0. The first-order valence-corrected chi connectivity index (χ1v) is 11.7. The van der Waals surface area contributed by atoms with E-state index in [0.29, 0.717) is 21.3 Å². The fourth-order valence-corrected chi connectivity index (χ4v) is 6.14. The van der Waals surface area contributed by atoms with Gasteiger partial charge in [-0.2, -0.15) is 0 Å². The number of anilines is 1. The van der Waals surface area contributed by atoms with E-state index in [2.05, 4.69) is 11.4 Å². The molecule has 1 heterocycles. The lowest BCUT2D eigenvalue weighted by Gasteiger charge is -2.21. The largest absolute Gasteiger partial charge is 0.322 e.